The molecule has 0 aromatic heterocycles. The molecule has 0 bridgehead atoms. The predicted octanol–water partition coefficient (Wildman–Crippen LogP) is 2.90. The van der Waals surface area contributed by atoms with E-state index in [0.717, 1.165) is 19.5 Å². The highest BCUT2D eigenvalue weighted by molar-refractivity contribution is 6.32. The Morgan fingerprint density at radius 1 is 1.23 bits per heavy atom. The fraction of sp³-hybridized carbons (Fsp3) is 0.533. The van der Waals surface area contributed by atoms with Gasteiger partial charge in [0.05, 0.1) is 18.7 Å². The zero-order chi connectivity index (χ0) is 15.7. The molecule has 0 spiro atoms. The number of methoxy groups -OCH3 is 1. The van der Waals surface area contributed by atoms with Gasteiger partial charge in [0, 0.05) is 18.7 Å². The molecule has 0 fully saturated rings. The minimum Gasteiger partial charge on any atom is -0.493 e. The van der Waals surface area contributed by atoms with Crippen molar-refractivity contribution >= 4 is 29.9 Å². The number of ether oxygens (including phenoxy) is 2. The summed E-state index contributed by atoms with van der Waals surface area (Å²) in [7, 11) is 1.52. The number of carbonyl (C=O) groups is 1. The first-order valence-electron chi connectivity index (χ1n) is 7.13. The molecule has 1 amide bonds. The average molecular weight is 351 g/mol. The Labute approximate surface area is 143 Å². The number of rotatable bonds is 9. The van der Waals surface area contributed by atoms with Crippen LogP contribution >= 0.6 is 24.0 Å². The smallest absolute Gasteiger partial charge is 0.251 e. The Kier molecular flexibility index (Phi) is 10.8. The molecule has 7 heteroatoms. The van der Waals surface area contributed by atoms with E-state index >= 15 is 0 Å². The van der Waals surface area contributed by atoms with Crippen molar-refractivity contribution in [2.45, 2.75) is 20.3 Å². The second-order valence-electron chi connectivity index (χ2n) is 4.43. The highest BCUT2D eigenvalue weighted by Crippen LogP contribution is 2.36. The first-order valence-corrected chi connectivity index (χ1v) is 7.51. The second kappa shape index (κ2) is 11.4. The van der Waals surface area contributed by atoms with Crippen molar-refractivity contribution in [2.75, 3.05) is 33.4 Å². The molecular formula is C15H24Cl2N2O3. The van der Waals surface area contributed by atoms with Crippen molar-refractivity contribution in [3.63, 3.8) is 0 Å². The maximum Gasteiger partial charge on any atom is 0.251 e. The fourth-order valence-corrected chi connectivity index (χ4v) is 2.07. The van der Waals surface area contributed by atoms with Gasteiger partial charge in [0.25, 0.3) is 5.91 Å². The quantitative estimate of drug-likeness (QED) is 0.672. The molecule has 0 unspecified atom stereocenters. The molecule has 0 saturated carbocycles. The van der Waals surface area contributed by atoms with Crippen LogP contribution < -0.4 is 20.1 Å². The minimum absolute atomic E-state index is 0. The Hall–Kier alpha value is -1.17. The van der Waals surface area contributed by atoms with Crippen LogP contribution in [0.3, 0.4) is 0 Å². The molecule has 0 radical (unpaired) electrons. The summed E-state index contributed by atoms with van der Waals surface area (Å²) in [6.45, 7) is 6.68. The average Bonchev–Trinajstić information content (AvgIpc) is 2.48. The summed E-state index contributed by atoms with van der Waals surface area (Å²) < 4.78 is 10.6. The van der Waals surface area contributed by atoms with Gasteiger partial charge in [-0.25, -0.2) is 0 Å². The third-order valence-electron chi connectivity index (χ3n) is 2.79. The lowest BCUT2D eigenvalue weighted by atomic mass is 10.2. The second-order valence-corrected chi connectivity index (χ2v) is 4.84. The molecule has 5 nitrogen and oxygen atoms in total. The Morgan fingerprint density at radius 2 is 1.95 bits per heavy atom. The van der Waals surface area contributed by atoms with Crippen molar-refractivity contribution in [3.8, 4) is 11.5 Å². The maximum atomic E-state index is 12.1. The molecule has 1 rings (SSSR count). The van der Waals surface area contributed by atoms with Gasteiger partial charge in [-0.2, -0.15) is 0 Å². The topological polar surface area (TPSA) is 59.6 Å². The third kappa shape index (κ3) is 6.30. The van der Waals surface area contributed by atoms with E-state index in [4.69, 9.17) is 21.1 Å². The lowest BCUT2D eigenvalue weighted by Gasteiger charge is -2.13. The third-order valence-corrected chi connectivity index (χ3v) is 3.08. The SMILES string of the molecule is CCCNCCNC(=O)c1cc(Cl)c(OCC)c(OC)c1.Cl. The van der Waals surface area contributed by atoms with Crippen LogP contribution in [0.4, 0.5) is 0 Å². The summed E-state index contributed by atoms with van der Waals surface area (Å²) in [5.74, 6) is 0.734. The number of hydrogen-bond acceptors (Lipinski definition) is 4. The van der Waals surface area contributed by atoms with Crippen LogP contribution in [0.2, 0.25) is 5.02 Å². The first-order chi connectivity index (χ1) is 10.1. The molecule has 1 aromatic rings. The molecule has 1 aromatic carbocycles. The molecule has 0 aliphatic heterocycles. The highest BCUT2D eigenvalue weighted by atomic mass is 35.5. The highest BCUT2D eigenvalue weighted by Gasteiger charge is 2.15. The number of nitrogens with one attached hydrogen (secondary N) is 2. The van der Waals surface area contributed by atoms with Gasteiger partial charge in [0.2, 0.25) is 0 Å². The van der Waals surface area contributed by atoms with Crippen LogP contribution in [-0.2, 0) is 0 Å². The van der Waals surface area contributed by atoms with Crippen molar-refractivity contribution in [3.05, 3.63) is 22.7 Å². The number of benzene rings is 1. The molecule has 2 N–H and O–H groups in total. The molecule has 0 aliphatic carbocycles. The van der Waals surface area contributed by atoms with Crippen LogP contribution in [0.15, 0.2) is 12.1 Å². The van der Waals surface area contributed by atoms with Gasteiger partial charge in [-0.1, -0.05) is 18.5 Å². The van der Waals surface area contributed by atoms with Crippen LogP contribution in [0, 0.1) is 0 Å². The van der Waals surface area contributed by atoms with Gasteiger partial charge >= 0.3 is 0 Å². The van der Waals surface area contributed by atoms with Crippen LogP contribution in [0.5, 0.6) is 11.5 Å². The number of carbonyl (C=O) groups excluding carboxylic acids is 1. The van der Waals surface area contributed by atoms with Gasteiger partial charge in [0.1, 0.15) is 0 Å². The van der Waals surface area contributed by atoms with E-state index < -0.39 is 0 Å². The van der Waals surface area contributed by atoms with Gasteiger partial charge in [-0.05, 0) is 32.0 Å². The Morgan fingerprint density at radius 3 is 2.55 bits per heavy atom. The van der Waals surface area contributed by atoms with Crippen LogP contribution in [0.1, 0.15) is 30.6 Å². The first kappa shape index (κ1) is 20.8. The van der Waals surface area contributed by atoms with E-state index in [0.29, 0.717) is 35.2 Å². The molecule has 0 saturated heterocycles. The van der Waals surface area contributed by atoms with Crippen molar-refractivity contribution < 1.29 is 14.3 Å². The summed E-state index contributed by atoms with van der Waals surface area (Å²) in [6.07, 6.45) is 1.07. The van der Waals surface area contributed by atoms with Crippen LogP contribution in [-0.4, -0.2) is 39.3 Å². The van der Waals surface area contributed by atoms with Crippen molar-refractivity contribution in [1.29, 1.82) is 0 Å². The Balaban J connectivity index is 0.00000441. The van der Waals surface area contributed by atoms with E-state index in [1.165, 1.54) is 7.11 Å². The summed E-state index contributed by atoms with van der Waals surface area (Å²) in [6, 6.07) is 3.22. The summed E-state index contributed by atoms with van der Waals surface area (Å²) in [5, 5.41) is 6.41. The summed E-state index contributed by atoms with van der Waals surface area (Å²) in [4.78, 5) is 12.1. The van der Waals surface area contributed by atoms with Crippen molar-refractivity contribution in [2.24, 2.45) is 0 Å². The molecular weight excluding hydrogens is 327 g/mol. The van der Waals surface area contributed by atoms with E-state index in [-0.39, 0.29) is 18.3 Å². The van der Waals surface area contributed by atoms with Gasteiger partial charge in [-0.15, -0.1) is 12.4 Å². The summed E-state index contributed by atoms with van der Waals surface area (Å²) >= 11 is 6.14. The van der Waals surface area contributed by atoms with Gasteiger partial charge < -0.3 is 20.1 Å². The number of amides is 1. The standard InChI is InChI=1S/C15H23ClN2O3.ClH/c1-4-6-17-7-8-18-15(19)11-9-12(16)14(21-5-2)13(10-11)20-3;/h9-10,17H,4-8H2,1-3H3,(H,18,19);1H. The lowest BCUT2D eigenvalue weighted by molar-refractivity contribution is 0.0953. The van der Waals surface area contributed by atoms with E-state index in [1.54, 1.807) is 12.1 Å². The number of halogens is 2. The Bertz CT molecular complexity index is 470. The minimum atomic E-state index is -0.184. The maximum absolute atomic E-state index is 12.1. The normalized spacial score (nSPS) is 9.82. The lowest BCUT2D eigenvalue weighted by Crippen LogP contribution is -2.32. The molecule has 126 valence electrons. The molecule has 22 heavy (non-hydrogen) atoms. The molecule has 0 heterocycles. The molecule has 0 aliphatic rings. The predicted molar refractivity (Wildman–Crippen MR) is 91.9 cm³/mol. The van der Waals surface area contributed by atoms with Crippen molar-refractivity contribution in [1.82, 2.24) is 10.6 Å². The van der Waals surface area contributed by atoms with Crippen LogP contribution in [0.25, 0.3) is 0 Å². The van der Waals surface area contributed by atoms with Gasteiger partial charge in [-0.3, -0.25) is 4.79 Å². The monoisotopic (exact) mass is 350 g/mol. The van der Waals surface area contributed by atoms with E-state index in [9.17, 15) is 4.79 Å². The largest absolute Gasteiger partial charge is 0.493 e. The number of hydrogen-bond donors (Lipinski definition) is 2. The van der Waals surface area contributed by atoms with E-state index in [1.807, 2.05) is 6.92 Å². The summed E-state index contributed by atoms with van der Waals surface area (Å²) in [5.41, 5.74) is 0.454. The van der Waals surface area contributed by atoms with E-state index in [2.05, 4.69) is 17.6 Å². The zero-order valence-corrected chi connectivity index (χ0v) is 14.8. The fourth-order valence-electron chi connectivity index (χ4n) is 1.80. The zero-order valence-electron chi connectivity index (χ0n) is 13.2. The molecule has 0 atom stereocenters. The van der Waals surface area contributed by atoms with Gasteiger partial charge in [0.15, 0.2) is 11.5 Å².